The van der Waals surface area contributed by atoms with Gasteiger partial charge in [0.2, 0.25) is 0 Å². The van der Waals surface area contributed by atoms with Gasteiger partial charge in [-0.25, -0.2) is 0 Å². The summed E-state index contributed by atoms with van der Waals surface area (Å²) >= 11 is 0. The molecule has 0 aromatic carbocycles. The lowest BCUT2D eigenvalue weighted by molar-refractivity contribution is -0.118. The molecule has 0 aromatic heterocycles. The fourth-order valence-corrected chi connectivity index (χ4v) is 3.13. The largest absolute Gasteiger partial charge is 0.304 e. The summed E-state index contributed by atoms with van der Waals surface area (Å²) < 4.78 is 0. The van der Waals surface area contributed by atoms with Crippen molar-refractivity contribution < 1.29 is 4.79 Å². The Morgan fingerprint density at radius 1 is 0.727 bits per heavy atom. The molecule has 2 heteroatoms. The Labute approximate surface area is 138 Å². The van der Waals surface area contributed by atoms with E-state index in [1.807, 2.05) is 0 Å². The first-order valence-electron chi connectivity index (χ1n) is 10.1. The zero-order valence-electron chi connectivity index (χ0n) is 15.0. The van der Waals surface area contributed by atoms with Crippen molar-refractivity contribution in [3.05, 3.63) is 0 Å². The molecule has 1 N–H and O–H groups in total. The molecule has 1 aliphatic rings. The Balaban J connectivity index is 1.65. The second-order valence-corrected chi connectivity index (χ2v) is 7.13. The monoisotopic (exact) mass is 309 g/mol. The van der Waals surface area contributed by atoms with Gasteiger partial charge in [0.15, 0.2) is 5.78 Å². The molecule has 1 unspecified atom stereocenters. The van der Waals surface area contributed by atoms with Crippen LogP contribution in [0.2, 0.25) is 0 Å². The van der Waals surface area contributed by atoms with E-state index in [9.17, 15) is 4.79 Å². The lowest BCUT2D eigenvalue weighted by atomic mass is 10.0. The first-order chi connectivity index (χ1) is 10.8. The van der Waals surface area contributed by atoms with Crippen molar-refractivity contribution in [1.29, 1.82) is 0 Å². The van der Waals surface area contributed by atoms with Gasteiger partial charge in [0.05, 0.1) is 6.04 Å². The summed E-state index contributed by atoms with van der Waals surface area (Å²) in [6, 6.07) is 0.228. The van der Waals surface area contributed by atoms with Crippen molar-refractivity contribution in [2.24, 2.45) is 0 Å². The van der Waals surface area contributed by atoms with Crippen LogP contribution in [-0.2, 0) is 4.79 Å². The van der Waals surface area contributed by atoms with Crippen LogP contribution in [-0.4, -0.2) is 18.4 Å². The SMILES string of the molecule is CCCCCCCCCCCCCCCCCC(=O)C1CN1. The summed E-state index contributed by atoms with van der Waals surface area (Å²) in [6.07, 6.45) is 21.6. The number of unbranched alkanes of at least 4 members (excludes halogenated alkanes) is 14. The number of hydrogen-bond donors (Lipinski definition) is 1. The minimum absolute atomic E-state index is 0.228. The van der Waals surface area contributed by atoms with Gasteiger partial charge in [-0.3, -0.25) is 4.79 Å². The van der Waals surface area contributed by atoms with Crippen LogP contribution in [0.4, 0.5) is 0 Å². The Kier molecular flexibility index (Phi) is 12.7. The summed E-state index contributed by atoms with van der Waals surface area (Å²) in [4.78, 5) is 11.5. The molecule has 1 heterocycles. The van der Waals surface area contributed by atoms with E-state index in [4.69, 9.17) is 0 Å². The van der Waals surface area contributed by atoms with Crippen LogP contribution >= 0.6 is 0 Å². The highest BCUT2D eigenvalue weighted by Crippen LogP contribution is 2.14. The van der Waals surface area contributed by atoms with E-state index in [1.165, 1.54) is 89.9 Å². The summed E-state index contributed by atoms with van der Waals surface area (Å²) in [7, 11) is 0. The predicted molar refractivity (Wildman–Crippen MR) is 96.3 cm³/mol. The van der Waals surface area contributed by atoms with E-state index in [-0.39, 0.29) is 6.04 Å². The van der Waals surface area contributed by atoms with E-state index in [0.717, 1.165) is 19.4 Å². The lowest BCUT2D eigenvalue weighted by Gasteiger charge is -2.03. The average Bonchev–Trinajstić information content (AvgIpc) is 3.36. The van der Waals surface area contributed by atoms with E-state index in [1.54, 1.807) is 0 Å². The van der Waals surface area contributed by atoms with E-state index < -0.39 is 0 Å². The quantitative estimate of drug-likeness (QED) is 0.273. The van der Waals surface area contributed by atoms with Crippen LogP contribution in [0.15, 0.2) is 0 Å². The highest BCUT2D eigenvalue weighted by molar-refractivity contribution is 5.86. The second-order valence-electron chi connectivity index (χ2n) is 7.13. The summed E-state index contributed by atoms with van der Waals surface area (Å²) in [5, 5.41) is 3.09. The van der Waals surface area contributed by atoms with Crippen LogP contribution in [0, 0.1) is 0 Å². The van der Waals surface area contributed by atoms with Crippen LogP contribution in [0.1, 0.15) is 110 Å². The normalized spacial score (nSPS) is 16.9. The van der Waals surface area contributed by atoms with Crippen LogP contribution in [0.5, 0.6) is 0 Å². The standard InChI is InChI=1S/C20H39NO/c1-2-3-4-5-6-7-8-9-10-11-12-13-14-15-16-17-20(22)19-18-21-19/h19,21H,2-18H2,1H3. The van der Waals surface area contributed by atoms with E-state index in [0.29, 0.717) is 5.78 Å². The van der Waals surface area contributed by atoms with Crippen LogP contribution < -0.4 is 5.32 Å². The van der Waals surface area contributed by atoms with Gasteiger partial charge >= 0.3 is 0 Å². The minimum Gasteiger partial charge on any atom is -0.304 e. The smallest absolute Gasteiger partial charge is 0.151 e. The maximum atomic E-state index is 11.5. The molecule has 1 atom stereocenters. The van der Waals surface area contributed by atoms with Gasteiger partial charge in [0.25, 0.3) is 0 Å². The molecule has 0 radical (unpaired) electrons. The Morgan fingerprint density at radius 3 is 1.45 bits per heavy atom. The molecular weight excluding hydrogens is 270 g/mol. The van der Waals surface area contributed by atoms with Crippen LogP contribution in [0.25, 0.3) is 0 Å². The van der Waals surface area contributed by atoms with Crippen molar-refractivity contribution in [1.82, 2.24) is 5.32 Å². The Morgan fingerprint density at radius 2 is 1.09 bits per heavy atom. The number of Topliss-reactive ketones (excluding diaryl/α,β-unsaturated/α-hetero) is 1. The molecule has 0 spiro atoms. The van der Waals surface area contributed by atoms with Gasteiger partial charge in [-0.15, -0.1) is 0 Å². The van der Waals surface area contributed by atoms with E-state index >= 15 is 0 Å². The second kappa shape index (κ2) is 14.2. The third kappa shape index (κ3) is 12.2. The molecule has 1 fully saturated rings. The maximum Gasteiger partial charge on any atom is 0.151 e. The Hall–Kier alpha value is -0.370. The van der Waals surface area contributed by atoms with Crippen molar-refractivity contribution in [3.8, 4) is 0 Å². The summed E-state index contributed by atoms with van der Waals surface area (Å²) in [5.74, 6) is 0.440. The third-order valence-electron chi connectivity index (χ3n) is 4.82. The van der Waals surface area contributed by atoms with Gasteiger partial charge in [0.1, 0.15) is 0 Å². The molecular formula is C20H39NO. The number of carbonyl (C=O) groups excluding carboxylic acids is 1. The highest BCUT2D eigenvalue weighted by atomic mass is 16.1. The molecule has 22 heavy (non-hydrogen) atoms. The van der Waals surface area contributed by atoms with Crippen LogP contribution in [0.3, 0.4) is 0 Å². The first kappa shape index (κ1) is 19.7. The van der Waals surface area contributed by atoms with E-state index in [2.05, 4.69) is 12.2 Å². The van der Waals surface area contributed by atoms with Gasteiger partial charge < -0.3 is 5.32 Å². The molecule has 0 aromatic rings. The van der Waals surface area contributed by atoms with Crippen molar-refractivity contribution >= 4 is 5.78 Å². The van der Waals surface area contributed by atoms with Gasteiger partial charge in [-0.2, -0.15) is 0 Å². The maximum absolute atomic E-state index is 11.5. The molecule has 2 nitrogen and oxygen atoms in total. The van der Waals surface area contributed by atoms with Crippen molar-refractivity contribution in [2.75, 3.05) is 6.54 Å². The van der Waals surface area contributed by atoms with Crippen molar-refractivity contribution in [3.63, 3.8) is 0 Å². The number of rotatable bonds is 17. The number of hydrogen-bond acceptors (Lipinski definition) is 2. The molecule has 1 aliphatic heterocycles. The Bertz CT molecular complexity index is 260. The summed E-state index contributed by atoms with van der Waals surface area (Å²) in [6.45, 7) is 3.21. The minimum atomic E-state index is 0.228. The number of ketones is 1. The van der Waals surface area contributed by atoms with Crippen molar-refractivity contribution in [2.45, 2.75) is 116 Å². The number of nitrogens with one attached hydrogen (secondary N) is 1. The molecule has 130 valence electrons. The zero-order valence-corrected chi connectivity index (χ0v) is 15.0. The lowest BCUT2D eigenvalue weighted by Crippen LogP contribution is -2.08. The molecule has 1 saturated heterocycles. The first-order valence-corrected chi connectivity index (χ1v) is 10.1. The fourth-order valence-electron chi connectivity index (χ4n) is 3.13. The molecule has 1 rings (SSSR count). The molecule has 0 amide bonds. The topological polar surface area (TPSA) is 39.0 Å². The van der Waals surface area contributed by atoms with Gasteiger partial charge in [0, 0.05) is 13.0 Å². The molecule has 0 bridgehead atoms. The molecule has 0 aliphatic carbocycles. The summed E-state index contributed by atoms with van der Waals surface area (Å²) in [5.41, 5.74) is 0. The highest BCUT2D eigenvalue weighted by Gasteiger charge is 2.27. The fraction of sp³-hybridized carbons (Fsp3) is 0.950. The molecule has 0 saturated carbocycles. The zero-order chi connectivity index (χ0) is 15.9. The van der Waals surface area contributed by atoms with Gasteiger partial charge in [-0.1, -0.05) is 96.8 Å². The number of carbonyl (C=O) groups is 1. The van der Waals surface area contributed by atoms with Gasteiger partial charge in [-0.05, 0) is 6.42 Å². The predicted octanol–water partition coefficient (Wildman–Crippen LogP) is 5.79. The average molecular weight is 310 g/mol. The third-order valence-corrected chi connectivity index (χ3v) is 4.82.